The third kappa shape index (κ3) is 4.94. The molecule has 0 radical (unpaired) electrons. The smallest absolute Gasteiger partial charge is 0.237 e. The number of nitrogens with one attached hydrogen (secondary N) is 2. The summed E-state index contributed by atoms with van der Waals surface area (Å²) in [6, 6.07) is -0.0314. The van der Waals surface area contributed by atoms with Crippen molar-refractivity contribution in [3.05, 3.63) is 0 Å². The first-order valence-electron chi connectivity index (χ1n) is 7.10. The van der Waals surface area contributed by atoms with Gasteiger partial charge in [-0.3, -0.25) is 4.79 Å². The maximum absolute atomic E-state index is 12.2. The first-order chi connectivity index (χ1) is 8.45. The van der Waals surface area contributed by atoms with Crippen LogP contribution in [0.2, 0.25) is 0 Å². The molecule has 18 heavy (non-hydrogen) atoms. The van der Waals surface area contributed by atoms with E-state index in [0.29, 0.717) is 6.42 Å². The van der Waals surface area contributed by atoms with Gasteiger partial charge in [0, 0.05) is 12.6 Å². The second-order valence-electron chi connectivity index (χ2n) is 6.30. The van der Waals surface area contributed by atoms with Crippen LogP contribution in [0.25, 0.3) is 0 Å². The van der Waals surface area contributed by atoms with Gasteiger partial charge in [-0.25, -0.2) is 0 Å². The molecule has 4 nitrogen and oxygen atoms in total. The van der Waals surface area contributed by atoms with E-state index in [-0.39, 0.29) is 30.0 Å². The number of rotatable bonds is 4. The molecule has 1 rings (SSSR count). The van der Waals surface area contributed by atoms with Crippen molar-refractivity contribution in [3.63, 3.8) is 0 Å². The zero-order chi connectivity index (χ0) is 13.6. The van der Waals surface area contributed by atoms with Crippen molar-refractivity contribution in [2.75, 3.05) is 13.2 Å². The fraction of sp³-hybridized carbons (Fsp3) is 0.929. The quantitative estimate of drug-likeness (QED) is 0.713. The molecule has 0 saturated carbocycles. The van der Waals surface area contributed by atoms with Crippen LogP contribution in [0.5, 0.6) is 0 Å². The summed E-state index contributed by atoms with van der Waals surface area (Å²) in [5.41, 5.74) is -0.0247. The SMILES string of the molecule is CC(C)(C)C(CCO)NC(=O)C1CCCCCN1. The predicted molar refractivity (Wildman–Crippen MR) is 73.3 cm³/mol. The average Bonchev–Trinajstić information content (AvgIpc) is 2.55. The molecule has 1 fully saturated rings. The Labute approximate surface area is 111 Å². The fourth-order valence-electron chi connectivity index (χ4n) is 2.38. The van der Waals surface area contributed by atoms with Gasteiger partial charge in [-0.1, -0.05) is 33.6 Å². The lowest BCUT2D eigenvalue weighted by atomic mass is 9.84. The molecule has 0 bridgehead atoms. The minimum absolute atomic E-state index is 0.0247. The lowest BCUT2D eigenvalue weighted by Gasteiger charge is -2.32. The van der Waals surface area contributed by atoms with E-state index in [1.165, 1.54) is 6.42 Å². The first kappa shape index (κ1) is 15.4. The summed E-state index contributed by atoms with van der Waals surface area (Å²) in [4.78, 5) is 12.2. The van der Waals surface area contributed by atoms with Gasteiger partial charge in [0.15, 0.2) is 0 Å². The van der Waals surface area contributed by atoms with Gasteiger partial charge in [0.1, 0.15) is 0 Å². The van der Waals surface area contributed by atoms with Crippen LogP contribution in [0.4, 0.5) is 0 Å². The van der Waals surface area contributed by atoms with Crippen LogP contribution < -0.4 is 10.6 Å². The highest BCUT2D eigenvalue weighted by atomic mass is 16.3. The average molecular weight is 256 g/mol. The Morgan fingerprint density at radius 3 is 2.72 bits per heavy atom. The molecular weight excluding hydrogens is 228 g/mol. The first-order valence-corrected chi connectivity index (χ1v) is 7.10. The van der Waals surface area contributed by atoms with E-state index in [2.05, 4.69) is 31.4 Å². The molecule has 3 N–H and O–H groups in total. The van der Waals surface area contributed by atoms with Gasteiger partial charge in [0.25, 0.3) is 0 Å². The summed E-state index contributed by atoms with van der Waals surface area (Å²) in [6.45, 7) is 7.31. The number of carbonyl (C=O) groups is 1. The maximum Gasteiger partial charge on any atom is 0.237 e. The van der Waals surface area contributed by atoms with E-state index >= 15 is 0 Å². The highest BCUT2D eigenvalue weighted by molar-refractivity contribution is 5.82. The number of aliphatic hydroxyl groups is 1. The van der Waals surface area contributed by atoms with Gasteiger partial charge >= 0.3 is 0 Å². The highest BCUT2D eigenvalue weighted by Crippen LogP contribution is 2.22. The normalized spacial score (nSPS) is 23.2. The summed E-state index contributed by atoms with van der Waals surface area (Å²) >= 11 is 0. The molecule has 0 aromatic rings. The van der Waals surface area contributed by atoms with Crippen LogP contribution in [0.3, 0.4) is 0 Å². The molecule has 0 aromatic heterocycles. The van der Waals surface area contributed by atoms with Crippen molar-refractivity contribution >= 4 is 5.91 Å². The zero-order valence-corrected chi connectivity index (χ0v) is 12.0. The van der Waals surface area contributed by atoms with Gasteiger partial charge in [-0.2, -0.15) is 0 Å². The molecule has 0 spiro atoms. The van der Waals surface area contributed by atoms with Crippen molar-refractivity contribution in [2.24, 2.45) is 5.41 Å². The number of hydrogen-bond acceptors (Lipinski definition) is 3. The molecule has 0 aromatic carbocycles. The van der Waals surface area contributed by atoms with Gasteiger partial charge < -0.3 is 15.7 Å². The van der Waals surface area contributed by atoms with E-state index in [4.69, 9.17) is 5.11 Å². The number of carbonyl (C=O) groups excluding carboxylic acids is 1. The van der Waals surface area contributed by atoms with E-state index < -0.39 is 0 Å². The Kier molecular flexibility index (Phi) is 6.09. The Balaban J connectivity index is 2.54. The summed E-state index contributed by atoms with van der Waals surface area (Å²) in [7, 11) is 0. The van der Waals surface area contributed by atoms with Gasteiger partial charge in [0.05, 0.1) is 6.04 Å². The third-order valence-corrected chi connectivity index (χ3v) is 3.66. The van der Waals surface area contributed by atoms with Gasteiger partial charge in [0.2, 0.25) is 5.91 Å². The molecule has 2 unspecified atom stereocenters. The molecular formula is C14H28N2O2. The second kappa shape index (κ2) is 7.10. The third-order valence-electron chi connectivity index (χ3n) is 3.66. The predicted octanol–water partition coefficient (Wildman–Crippen LogP) is 1.43. The van der Waals surface area contributed by atoms with Crippen LogP contribution in [-0.2, 0) is 4.79 Å². The van der Waals surface area contributed by atoms with Crippen molar-refractivity contribution in [1.29, 1.82) is 0 Å². The Morgan fingerprint density at radius 2 is 2.11 bits per heavy atom. The van der Waals surface area contributed by atoms with Crippen molar-refractivity contribution in [1.82, 2.24) is 10.6 Å². The summed E-state index contributed by atoms with van der Waals surface area (Å²) in [5, 5.41) is 15.5. The minimum Gasteiger partial charge on any atom is -0.396 e. The number of amides is 1. The molecule has 1 amide bonds. The molecule has 106 valence electrons. The molecule has 2 atom stereocenters. The number of aliphatic hydroxyl groups excluding tert-OH is 1. The maximum atomic E-state index is 12.2. The lowest BCUT2D eigenvalue weighted by molar-refractivity contribution is -0.124. The summed E-state index contributed by atoms with van der Waals surface area (Å²) < 4.78 is 0. The lowest BCUT2D eigenvalue weighted by Crippen LogP contribution is -2.51. The Bertz CT molecular complexity index is 253. The molecule has 1 aliphatic heterocycles. The van der Waals surface area contributed by atoms with Crippen molar-refractivity contribution in [3.8, 4) is 0 Å². The van der Waals surface area contributed by atoms with Crippen LogP contribution in [0, 0.1) is 5.41 Å². The van der Waals surface area contributed by atoms with Gasteiger partial charge in [-0.05, 0) is 31.2 Å². The van der Waals surface area contributed by atoms with E-state index in [1.54, 1.807) is 0 Å². The van der Waals surface area contributed by atoms with Crippen molar-refractivity contribution in [2.45, 2.75) is 65.0 Å². The van der Waals surface area contributed by atoms with Crippen LogP contribution in [0.15, 0.2) is 0 Å². The molecule has 1 saturated heterocycles. The summed E-state index contributed by atoms with van der Waals surface area (Å²) in [6.07, 6.45) is 5.01. The second-order valence-corrected chi connectivity index (χ2v) is 6.30. The number of hydrogen-bond donors (Lipinski definition) is 3. The Hall–Kier alpha value is -0.610. The fourth-order valence-corrected chi connectivity index (χ4v) is 2.38. The minimum atomic E-state index is -0.0592. The van der Waals surface area contributed by atoms with Crippen LogP contribution in [0.1, 0.15) is 52.9 Å². The largest absolute Gasteiger partial charge is 0.396 e. The van der Waals surface area contributed by atoms with Crippen LogP contribution in [-0.4, -0.2) is 36.2 Å². The monoisotopic (exact) mass is 256 g/mol. The zero-order valence-electron chi connectivity index (χ0n) is 12.0. The van der Waals surface area contributed by atoms with Crippen LogP contribution >= 0.6 is 0 Å². The Morgan fingerprint density at radius 1 is 1.39 bits per heavy atom. The standard InChI is InChI=1S/C14H28N2O2/c1-14(2,3)12(8-10-17)16-13(18)11-7-5-4-6-9-15-11/h11-12,15,17H,4-10H2,1-3H3,(H,16,18). The summed E-state index contributed by atoms with van der Waals surface area (Å²) in [5.74, 6) is 0.0882. The molecule has 4 heteroatoms. The van der Waals surface area contributed by atoms with E-state index in [1.807, 2.05) is 0 Å². The van der Waals surface area contributed by atoms with E-state index in [0.717, 1.165) is 25.8 Å². The molecule has 0 aliphatic carbocycles. The van der Waals surface area contributed by atoms with Gasteiger partial charge in [-0.15, -0.1) is 0 Å². The van der Waals surface area contributed by atoms with E-state index in [9.17, 15) is 4.79 Å². The topological polar surface area (TPSA) is 61.4 Å². The molecule has 1 aliphatic rings. The molecule has 1 heterocycles. The highest BCUT2D eigenvalue weighted by Gasteiger charge is 2.28. The van der Waals surface area contributed by atoms with Crippen molar-refractivity contribution < 1.29 is 9.90 Å².